The largest absolute Gasteiger partial charge is 0.423 e. The molecule has 2 aliphatic rings. The van der Waals surface area contributed by atoms with E-state index in [1.807, 2.05) is 12.1 Å². The molecule has 5 rings (SSSR count). The Balaban J connectivity index is 1.64. The van der Waals surface area contributed by atoms with Crippen molar-refractivity contribution in [1.82, 2.24) is 4.31 Å². The lowest BCUT2D eigenvalue weighted by Gasteiger charge is -2.28. The Morgan fingerprint density at radius 3 is 2.54 bits per heavy atom. The molecule has 6 nitrogen and oxygen atoms in total. The molecule has 0 fully saturated rings. The Bertz CT molecular complexity index is 1310. The van der Waals surface area contributed by atoms with Crippen molar-refractivity contribution in [1.29, 1.82) is 0 Å². The van der Waals surface area contributed by atoms with Crippen LogP contribution < -0.4 is 5.63 Å². The monoisotopic (exact) mass is 395 g/mol. The predicted octanol–water partition coefficient (Wildman–Crippen LogP) is 2.77. The van der Waals surface area contributed by atoms with Gasteiger partial charge in [0, 0.05) is 17.0 Å². The summed E-state index contributed by atoms with van der Waals surface area (Å²) < 4.78 is 31.8. The predicted molar refractivity (Wildman–Crippen MR) is 103 cm³/mol. The molecule has 0 radical (unpaired) electrons. The van der Waals surface area contributed by atoms with Gasteiger partial charge in [0.05, 0.1) is 12.3 Å². The van der Waals surface area contributed by atoms with Gasteiger partial charge in [0.1, 0.15) is 5.58 Å². The molecule has 142 valence electrons. The quantitative estimate of drug-likeness (QED) is 0.623. The fourth-order valence-corrected chi connectivity index (χ4v) is 5.63. The van der Waals surface area contributed by atoms with Crippen LogP contribution >= 0.6 is 0 Å². The molecule has 2 aromatic carbocycles. The summed E-state index contributed by atoms with van der Waals surface area (Å²) in [5, 5.41) is 0.683. The Morgan fingerprint density at radius 2 is 1.71 bits per heavy atom. The van der Waals surface area contributed by atoms with Gasteiger partial charge in [0.25, 0.3) is 5.91 Å². The number of nitrogens with zero attached hydrogens (tertiary/aromatic N) is 1. The minimum absolute atomic E-state index is 0.184. The van der Waals surface area contributed by atoms with Crippen molar-refractivity contribution in [2.45, 2.75) is 31.6 Å². The van der Waals surface area contributed by atoms with Gasteiger partial charge < -0.3 is 4.42 Å². The van der Waals surface area contributed by atoms with Gasteiger partial charge in [0.2, 0.25) is 10.0 Å². The van der Waals surface area contributed by atoms with Gasteiger partial charge in [-0.15, -0.1) is 0 Å². The summed E-state index contributed by atoms with van der Waals surface area (Å²) in [6.45, 7) is -0.184. The van der Waals surface area contributed by atoms with E-state index >= 15 is 0 Å². The first-order valence-corrected chi connectivity index (χ1v) is 10.7. The first-order valence-electron chi connectivity index (χ1n) is 9.13. The van der Waals surface area contributed by atoms with E-state index in [0.29, 0.717) is 27.7 Å². The minimum Gasteiger partial charge on any atom is -0.423 e. The average Bonchev–Trinajstić information content (AvgIpc) is 3.10. The van der Waals surface area contributed by atoms with Gasteiger partial charge >= 0.3 is 5.63 Å². The molecule has 1 amide bonds. The number of hydrogen-bond donors (Lipinski definition) is 0. The normalized spacial score (nSPS) is 17.6. The standard InChI is InChI=1S/C21H17NO5S/c23-20-10-16(18-8-13-5-3-6-14(13)9-19(18)27-20)11-22-21(24)17-7-2-1-4-15(17)12-28(22,25)26/h1-2,4,7-10H,3,5-6,11-12H2. The number of benzene rings is 2. The summed E-state index contributed by atoms with van der Waals surface area (Å²) in [4.78, 5) is 25.0. The smallest absolute Gasteiger partial charge is 0.336 e. The van der Waals surface area contributed by atoms with E-state index in [4.69, 9.17) is 4.42 Å². The summed E-state index contributed by atoms with van der Waals surface area (Å²) in [6.07, 6.45) is 2.92. The molecule has 0 bridgehead atoms. The van der Waals surface area contributed by atoms with E-state index in [9.17, 15) is 18.0 Å². The summed E-state index contributed by atoms with van der Waals surface area (Å²) >= 11 is 0. The third kappa shape index (κ3) is 2.65. The van der Waals surface area contributed by atoms with Crippen molar-refractivity contribution in [2.75, 3.05) is 0 Å². The zero-order valence-electron chi connectivity index (χ0n) is 15.0. The number of fused-ring (bicyclic) bond motifs is 3. The lowest BCUT2D eigenvalue weighted by molar-refractivity contribution is 0.0849. The first kappa shape index (κ1) is 17.2. The molecule has 1 aliphatic heterocycles. The van der Waals surface area contributed by atoms with Crippen LogP contribution in [0.1, 0.15) is 39.0 Å². The molecule has 1 aliphatic carbocycles. The fraction of sp³-hybridized carbons (Fsp3) is 0.238. The topological polar surface area (TPSA) is 84.7 Å². The summed E-state index contributed by atoms with van der Waals surface area (Å²) in [7, 11) is -3.83. The third-order valence-electron chi connectivity index (χ3n) is 5.50. The molecular formula is C21H17NO5S. The maximum atomic E-state index is 12.9. The van der Waals surface area contributed by atoms with Crippen LogP contribution in [0.4, 0.5) is 0 Å². The van der Waals surface area contributed by atoms with Crippen LogP contribution in [-0.4, -0.2) is 18.6 Å². The maximum absolute atomic E-state index is 12.9. The Kier molecular flexibility index (Phi) is 3.71. The molecule has 28 heavy (non-hydrogen) atoms. The van der Waals surface area contributed by atoms with E-state index in [2.05, 4.69) is 0 Å². The zero-order chi connectivity index (χ0) is 19.5. The van der Waals surface area contributed by atoms with Crippen molar-refractivity contribution in [3.05, 3.63) is 80.7 Å². The molecule has 0 spiro atoms. The van der Waals surface area contributed by atoms with Crippen molar-refractivity contribution in [3.8, 4) is 0 Å². The van der Waals surface area contributed by atoms with Gasteiger partial charge in [0.15, 0.2) is 0 Å². The lowest BCUT2D eigenvalue weighted by atomic mass is 10.0. The highest BCUT2D eigenvalue weighted by molar-refractivity contribution is 7.89. The third-order valence-corrected chi connectivity index (χ3v) is 7.15. The maximum Gasteiger partial charge on any atom is 0.336 e. The molecule has 3 aromatic rings. The van der Waals surface area contributed by atoms with E-state index in [1.165, 1.54) is 11.6 Å². The lowest BCUT2D eigenvalue weighted by Crippen LogP contribution is -2.41. The summed E-state index contributed by atoms with van der Waals surface area (Å²) in [5.74, 6) is -0.798. The minimum atomic E-state index is -3.83. The number of amides is 1. The van der Waals surface area contributed by atoms with Crippen LogP contribution in [0.2, 0.25) is 0 Å². The summed E-state index contributed by atoms with van der Waals surface area (Å²) in [6, 6.07) is 11.8. The van der Waals surface area contributed by atoms with Crippen molar-refractivity contribution in [3.63, 3.8) is 0 Å². The number of hydrogen-bond acceptors (Lipinski definition) is 5. The average molecular weight is 395 g/mol. The highest BCUT2D eigenvalue weighted by Crippen LogP contribution is 2.31. The van der Waals surface area contributed by atoms with Gasteiger partial charge in [-0.25, -0.2) is 17.5 Å². The van der Waals surface area contributed by atoms with Gasteiger partial charge in [-0.2, -0.15) is 0 Å². The molecule has 2 heterocycles. The molecule has 0 unspecified atom stereocenters. The fourth-order valence-electron chi connectivity index (χ4n) is 4.14. The molecule has 0 atom stereocenters. The second-order valence-corrected chi connectivity index (χ2v) is 9.18. The first-order chi connectivity index (χ1) is 13.4. The Hall–Kier alpha value is -2.93. The molecule has 1 aromatic heterocycles. The van der Waals surface area contributed by atoms with E-state index in [0.717, 1.165) is 29.1 Å². The van der Waals surface area contributed by atoms with Crippen molar-refractivity contribution in [2.24, 2.45) is 0 Å². The molecule has 7 heteroatoms. The number of sulfonamides is 1. The van der Waals surface area contributed by atoms with Crippen molar-refractivity contribution >= 4 is 26.9 Å². The van der Waals surface area contributed by atoms with Crippen LogP contribution in [-0.2, 0) is 35.2 Å². The molecular weight excluding hydrogens is 378 g/mol. The van der Waals surface area contributed by atoms with Gasteiger partial charge in [-0.1, -0.05) is 18.2 Å². The number of carbonyl (C=O) groups excluding carboxylic acids is 1. The van der Waals surface area contributed by atoms with Crippen LogP contribution in [0.3, 0.4) is 0 Å². The SMILES string of the molecule is O=C1c2ccccc2CS(=O)(=O)N1Cc1cc(=O)oc2cc3c(cc12)CCC3. The van der Waals surface area contributed by atoms with Crippen molar-refractivity contribution < 1.29 is 17.6 Å². The number of rotatable bonds is 2. The van der Waals surface area contributed by atoms with Crippen LogP contribution in [0, 0.1) is 0 Å². The number of aryl methyl sites for hydroxylation is 2. The summed E-state index contributed by atoms with van der Waals surface area (Å²) in [5.41, 5.74) is 3.58. The Morgan fingerprint density at radius 1 is 0.964 bits per heavy atom. The van der Waals surface area contributed by atoms with Gasteiger partial charge in [-0.05, 0) is 59.7 Å². The highest BCUT2D eigenvalue weighted by Gasteiger charge is 2.36. The Labute approximate surface area is 161 Å². The second kappa shape index (κ2) is 6.04. The zero-order valence-corrected chi connectivity index (χ0v) is 15.8. The van der Waals surface area contributed by atoms with Crippen LogP contribution in [0.25, 0.3) is 11.0 Å². The van der Waals surface area contributed by atoms with Crippen LogP contribution in [0.15, 0.2) is 51.7 Å². The highest BCUT2D eigenvalue weighted by atomic mass is 32.2. The second-order valence-electron chi connectivity index (χ2n) is 7.29. The van der Waals surface area contributed by atoms with E-state index < -0.39 is 21.6 Å². The van der Waals surface area contributed by atoms with E-state index in [1.54, 1.807) is 24.3 Å². The van der Waals surface area contributed by atoms with Crippen LogP contribution in [0.5, 0.6) is 0 Å². The molecule has 0 N–H and O–H groups in total. The molecule has 0 saturated carbocycles. The number of carbonyl (C=O) groups is 1. The molecule has 0 saturated heterocycles. The van der Waals surface area contributed by atoms with E-state index in [-0.39, 0.29) is 12.3 Å². The van der Waals surface area contributed by atoms with Gasteiger partial charge in [-0.3, -0.25) is 4.79 Å².